The molecule has 7 nitrogen and oxygen atoms in total. The molecule has 0 heterocycles. The van der Waals surface area contributed by atoms with Crippen molar-refractivity contribution in [1.29, 1.82) is 0 Å². The van der Waals surface area contributed by atoms with Crippen LogP contribution in [0.5, 0.6) is 0 Å². The number of nitrogens with two attached hydrogens (primary N) is 1. The minimum Gasteiger partial charge on any atom is -0.366 e. The number of benzene rings is 3. The number of nitrogens with one attached hydrogen (secondary N) is 1. The average Bonchev–Trinajstić information content (AvgIpc) is 2.75. The Morgan fingerprint density at radius 1 is 0.969 bits per heavy atom. The summed E-state index contributed by atoms with van der Waals surface area (Å²) in [6.45, 7) is -0.698. The highest BCUT2D eigenvalue weighted by Gasteiger charge is 2.27. The van der Waals surface area contributed by atoms with E-state index in [1.54, 1.807) is 24.3 Å². The molecule has 3 aromatic rings. The topological polar surface area (TPSA) is 110 Å². The van der Waals surface area contributed by atoms with Crippen LogP contribution in [-0.4, -0.2) is 31.1 Å². The van der Waals surface area contributed by atoms with Crippen LogP contribution in [-0.2, 0) is 21.4 Å². The van der Waals surface area contributed by atoms with Crippen molar-refractivity contribution >= 4 is 39.1 Å². The fourth-order valence-corrected chi connectivity index (χ4v) is 4.45. The van der Waals surface area contributed by atoms with E-state index < -0.39 is 34.2 Å². The highest BCUT2D eigenvalue weighted by Crippen LogP contribution is 2.23. The Labute approximate surface area is 189 Å². The summed E-state index contributed by atoms with van der Waals surface area (Å²) < 4.78 is 40.6. The zero-order chi connectivity index (χ0) is 23.3. The van der Waals surface area contributed by atoms with Gasteiger partial charge >= 0.3 is 0 Å². The lowest BCUT2D eigenvalue weighted by Crippen LogP contribution is -2.37. The molecule has 0 atom stereocenters. The van der Waals surface area contributed by atoms with Crippen molar-refractivity contribution in [3.8, 4) is 0 Å². The van der Waals surface area contributed by atoms with Crippen LogP contribution in [0.25, 0.3) is 0 Å². The summed E-state index contributed by atoms with van der Waals surface area (Å²) in [6, 6.07) is 16.8. The number of halogens is 2. The smallest absolute Gasteiger partial charge is 0.248 e. The first-order chi connectivity index (χ1) is 15.2. The molecule has 3 aromatic carbocycles. The lowest BCUT2D eigenvalue weighted by atomic mass is 10.2. The Morgan fingerprint density at radius 2 is 1.59 bits per heavy atom. The van der Waals surface area contributed by atoms with Crippen molar-refractivity contribution < 1.29 is 22.4 Å². The Hall–Kier alpha value is -3.27. The van der Waals surface area contributed by atoms with Gasteiger partial charge in [0.2, 0.25) is 21.8 Å². The van der Waals surface area contributed by atoms with Crippen LogP contribution in [0.2, 0.25) is 5.02 Å². The minimum atomic E-state index is -4.15. The summed E-state index contributed by atoms with van der Waals surface area (Å²) in [5.74, 6) is -1.81. The van der Waals surface area contributed by atoms with Crippen molar-refractivity contribution in [2.45, 2.75) is 11.4 Å². The van der Waals surface area contributed by atoms with E-state index in [1.807, 2.05) is 0 Å². The van der Waals surface area contributed by atoms with Crippen molar-refractivity contribution in [2.24, 2.45) is 5.73 Å². The van der Waals surface area contributed by atoms with Gasteiger partial charge in [0.1, 0.15) is 5.82 Å². The van der Waals surface area contributed by atoms with Gasteiger partial charge in [-0.1, -0.05) is 29.8 Å². The lowest BCUT2D eigenvalue weighted by molar-refractivity contribution is -0.116. The summed E-state index contributed by atoms with van der Waals surface area (Å²) in [4.78, 5) is 23.7. The summed E-state index contributed by atoms with van der Waals surface area (Å²) >= 11 is 6.18. The van der Waals surface area contributed by atoms with Gasteiger partial charge in [-0.05, 0) is 60.2 Å². The number of hydrogen-bond donors (Lipinski definition) is 2. The molecule has 10 heteroatoms. The molecule has 3 N–H and O–H groups in total. The fraction of sp³-hybridized carbons (Fsp3) is 0.0909. The van der Waals surface area contributed by atoms with Crippen LogP contribution in [0.15, 0.2) is 77.7 Å². The minimum absolute atomic E-state index is 0.162. The standard InChI is InChI=1S/C22H19ClFN3O4S/c23-20-4-2-1-3-16(20)13-27(32(30,31)19-11-7-17(24)8-12-19)14-21(28)26-18-9-5-15(6-10-18)22(25)29/h1-12H,13-14H2,(H2,25,29)(H,26,28). The third kappa shape index (κ3) is 5.70. The molecule has 0 unspecified atom stereocenters. The zero-order valence-corrected chi connectivity index (χ0v) is 18.2. The van der Waals surface area contributed by atoms with E-state index in [9.17, 15) is 22.4 Å². The van der Waals surface area contributed by atoms with Crippen LogP contribution < -0.4 is 11.1 Å². The summed E-state index contributed by atoms with van der Waals surface area (Å²) in [6.07, 6.45) is 0. The Morgan fingerprint density at radius 3 is 2.19 bits per heavy atom. The first-order valence-corrected chi connectivity index (χ1v) is 11.2. The largest absolute Gasteiger partial charge is 0.366 e. The Bertz CT molecular complexity index is 1230. The molecule has 0 radical (unpaired) electrons. The molecule has 3 rings (SSSR count). The number of carbonyl (C=O) groups excluding carboxylic acids is 2. The van der Waals surface area contributed by atoms with Crippen molar-refractivity contribution in [3.63, 3.8) is 0 Å². The summed E-state index contributed by atoms with van der Waals surface area (Å²) in [5, 5.41) is 2.92. The fourth-order valence-electron chi connectivity index (χ4n) is 2.88. The molecule has 0 saturated carbocycles. The Balaban J connectivity index is 1.86. The lowest BCUT2D eigenvalue weighted by Gasteiger charge is -2.22. The third-order valence-electron chi connectivity index (χ3n) is 4.53. The van der Waals surface area contributed by atoms with E-state index >= 15 is 0 Å². The van der Waals surface area contributed by atoms with E-state index in [4.69, 9.17) is 17.3 Å². The highest BCUT2D eigenvalue weighted by molar-refractivity contribution is 7.89. The maximum atomic E-state index is 13.3. The van der Waals surface area contributed by atoms with Gasteiger partial charge in [-0.3, -0.25) is 9.59 Å². The molecule has 0 fully saturated rings. The van der Waals surface area contributed by atoms with Crippen LogP contribution >= 0.6 is 11.6 Å². The van der Waals surface area contributed by atoms with Crippen LogP contribution in [0, 0.1) is 5.82 Å². The number of anilines is 1. The van der Waals surface area contributed by atoms with Gasteiger partial charge in [0.15, 0.2) is 0 Å². The molecule has 166 valence electrons. The van der Waals surface area contributed by atoms with Gasteiger partial charge in [0.05, 0.1) is 11.4 Å². The highest BCUT2D eigenvalue weighted by atomic mass is 35.5. The first kappa shape index (κ1) is 23.4. The van der Waals surface area contributed by atoms with Gasteiger partial charge < -0.3 is 11.1 Å². The second-order valence-corrected chi connectivity index (χ2v) is 9.15. The normalized spacial score (nSPS) is 11.3. The molecular weight excluding hydrogens is 457 g/mol. The number of amides is 2. The van der Waals surface area contributed by atoms with Gasteiger partial charge in [0.25, 0.3) is 0 Å². The van der Waals surface area contributed by atoms with Crippen LogP contribution in [0.4, 0.5) is 10.1 Å². The molecule has 2 amide bonds. The first-order valence-electron chi connectivity index (χ1n) is 9.35. The van der Waals surface area contributed by atoms with Gasteiger partial charge in [-0.15, -0.1) is 0 Å². The molecule has 0 aliphatic carbocycles. The van der Waals surface area contributed by atoms with E-state index in [0.29, 0.717) is 16.3 Å². The van der Waals surface area contributed by atoms with Crippen molar-refractivity contribution in [3.05, 3.63) is 94.8 Å². The molecule has 0 aliphatic rings. The predicted octanol–water partition coefficient (Wildman–Crippen LogP) is 3.41. The van der Waals surface area contributed by atoms with E-state index in [1.165, 1.54) is 24.3 Å². The van der Waals surface area contributed by atoms with E-state index in [0.717, 1.165) is 28.6 Å². The number of sulfonamides is 1. The number of nitrogens with zero attached hydrogens (tertiary/aromatic N) is 1. The maximum absolute atomic E-state index is 13.3. The zero-order valence-electron chi connectivity index (χ0n) is 16.7. The van der Waals surface area contributed by atoms with Gasteiger partial charge in [0, 0.05) is 22.8 Å². The van der Waals surface area contributed by atoms with Gasteiger partial charge in [-0.25, -0.2) is 12.8 Å². The molecule has 0 spiro atoms. The van der Waals surface area contributed by atoms with Crippen LogP contribution in [0.1, 0.15) is 15.9 Å². The number of carbonyl (C=O) groups is 2. The Kier molecular flexibility index (Phi) is 7.24. The second-order valence-electron chi connectivity index (χ2n) is 6.81. The monoisotopic (exact) mass is 475 g/mol. The summed E-state index contributed by atoms with van der Waals surface area (Å²) in [5.41, 5.74) is 6.32. The number of primary amides is 1. The SMILES string of the molecule is NC(=O)c1ccc(NC(=O)CN(Cc2ccccc2Cl)S(=O)(=O)c2ccc(F)cc2)cc1. The third-order valence-corrected chi connectivity index (χ3v) is 6.70. The van der Waals surface area contributed by atoms with Gasteiger partial charge in [-0.2, -0.15) is 4.31 Å². The number of rotatable bonds is 8. The van der Waals surface area contributed by atoms with Crippen molar-refractivity contribution in [1.82, 2.24) is 4.31 Å². The van der Waals surface area contributed by atoms with E-state index in [2.05, 4.69) is 5.32 Å². The molecule has 0 bridgehead atoms. The summed E-state index contributed by atoms with van der Waals surface area (Å²) in [7, 11) is -4.15. The maximum Gasteiger partial charge on any atom is 0.248 e. The quantitative estimate of drug-likeness (QED) is 0.520. The predicted molar refractivity (Wildman–Crippen MR) is 119 cm³/mol. The molecule has 0 aromatic heterocycles. The molecule has 32 heavy (non-hydrogen) atoms. The average molecular weight is 476 g/mol. The number of hydrogen-bond acceptors (Lipinski definition) is 4. The molecular formula is C22H19ClFN3O4S. The molecule has 0 saturated heterocycles. The second kappa shape index (κ2) is 9.90. The molecule has 0 aliphatic heterocycles. The van der Waals surface area contributed by atoms with Crippen molar-refractivity contribution in [2.75, 3.05) is 11.9 Å². The van der Waals surface area contributed by atoms with E-state index in [-0.39, 0.29) is 17.0 Å². The van der Waals surface area contributed by atoms with Crippen LogP contribution in [0.3, 0.4) is 0 Å².